The molecule has 76 valence electrons. The highest BCUT2D eigenvalue weighted by Gasteiger charge is 2.18. The Balaban J connectivity index is 2.32. The highest BCUT2D eigenvalue weighted by molar-refractivity contribution is 6.32. The third kappa shape index (κ3) is 1.79. The van der Waals surface area contributed by atoms with Gasteiger partial charge in [0, 0.05) is 6.04 Å². The molecule has 0 aromatic heterocycles. The summed E-state index contributed by atoms with van der Waals surface area (Å²) in [6.45, 7) is 2.20. The Morgan fingerprint density at radius 3 is 3.00 bits per heavy atom. The summed E-state index contributed by atoms with van der Waals surface area (Å²) < 4.78 is 10.5. The normalized spacial score (nSPS) is 15.6. The van der Waals surface area contributed by atoms with Crippen molar-refractivity contribution in [3.05, 3.63) is 22.7 Å². The van der Waals surface area contributed by atoms with Crippen molar-refractivity contribution in [2.75, 3.05) is 6.79 Å². The molecule has 0 spiro atoms. The topological polar surface area (TPSA) is 44.5 Å². The maximum atomic E-state index is 6.01. The van der Waals surface area contributed by atoms with Crippen LogP contribution in [0.15, 0.2) is 12.1 Å². The zero-order chi connectivity index (χ0) is 10.1. The van der Waals surface area contributed by atoms with Gasteiger partial charge >= 0.3 is 0 Å². The molecule has 1 aliphatic rings. The minimum atomic E-state index is 0.117. The van der Waals surface area contributed by atoms with Crippen molar-refractivity contribution in [1.29, 1.82) is 0 Å². The van der Waals surface area contributed by atoms with Gasteiger partial charge in [0.2, 0.25) is 6.79 Å². The van der Waals surface area contributed by atoms with Crippen LogP contribution in [0.5, 0.6) is 11.5 Å². The number of ether oxygens (including phenoxy) is 2. The molecule has 0 unspecified atom stereocenters. The van der Waals surface area contributed by atoms with Crippen LogP contribution >= 0.6 is 11.6 Å². The highest BCUT2D eigenvalue weighted by atomic mass is 35.5. The predicted molar refractivity (Wildman–Crippen MR) is 54.9 cm³/mol. The van der Waals surface area contributed by atoms with Gasteiger partial charge in [-0.05, 0) is 31.0 Å². The van der Waals surface area contributed by atoms with Crippen molar-refractivity contribution >= 4 is 11.6 Å². The Kier molecular flexibility index (Phi) is 2.52. The summed E-state index contributed by atoms with van der Waals surface area (Å²) in [5.74, 6) is 1.35. The first-order chi connectivity index (χ1) is 6.66. The average molecular weight is 214 g/mol. The fourth-order valence-corrected chi connectivity index (χ4v) is 1.80. The molecule has 0 aliphatic carbocycles. The molecular weight excluding hydrogens is 202 g/mol. The van der Waals surface area contributed by atoms with Gasteiger partial charge in [-0.1, -0.05) is 11.6 Å². The van der Waals surface area contributed by atoms with E-state index in [1.165, 1.54) is 0 Å². The molecule has 1 atom stereocenters. The molecule has 0 fully saturated rings. The van der Waals surface area contributed by atoms with Crippen LogP contribution in [0.3, 0.4) is 0 Å². The van der Waals surface area contributed by atoms with Crippen LogP contribution in [-0.4, -0.2) is 12.8 Å². The molecule has 0 bridgehead atoms. The molecule has 1 aliphatic heterocycles. The van der Waals surface area contributed by atoms with E-state index in [2.05, 4.69) is 0 Å². The van der Waals surface area contributed by atoms with E-state index in [1.807, 2.05) is 19.1 Å². The second-order valence-electron chi connectivity index (χ2n) is 3.49. The van der Waals surface area contributed by atoms with E-state index in [0.717, 1.165) is 12.0 Å². The summed E-state index contributed by atoms with van der Waals surface area (Å²) in [7, 11) is 0. The molecule has 1 aromatic rings. The van der Waals surface area contributed by atoms with Gasteiger partial charge in [0.05, 0.1) is 5.02 Å². The monoisotopic (exact) mass is 213 g/mol. The van der Waals surface area contributed by atoms with Crippen LogP contribution in [0.2, 0.25) is 5.02 Å². The van der Waals surface area contributed by atoms with Gasteiger partial charge in [-0.15, -0.1) is 0 Å². The first kappa shape index (κ1) is 9.62. The number of benzene rings is 1. The minimum absolute atomic E-state index is 0.117. The van der Waals surface area contributed by atoms with Gasteiger partial charge in [-0.3, -0.25) is 0 Å². The van der Waals surface area contributed by atoms with Gasteiger partial charge in [0.1, 0.15) is 0 Å². The van der Waals surface area contributed by atoms with Gasteiger partial charge in [0.15, 0.2) is 11.5 Å². The second kappa shape index (κ2) is 3.67. The number of rotatable bonds is 2. The Labute approximate surface area is 87.8 Å². The van der Waals surface area contributed by atoms with Crippen LogP contribution < -0.4 is 15.2 Å². The Morgan fingerprint density at radius 1 is 1.50 bits per heavy atom. The van der Waals surface area contributed by atoms with E-state index in [4.69, 9.17) is 26.8 Å². The number of nitrogens with two attached hydrogens (primary N) is 1. The van der Waals surface area contributed by atoms with Crippen molar-refractivity contribution in [3.63, 3.8) is 0 Å². The van der Waals surface area contributed by atoms with E-state index in [0.29, 0.717) is 16.5 Å². The lowest BCUT2D eigenvalue weighted by Gasteiger charge is -2.07. The van der Waals surface area contributed by atoms with E-state index < -0.39 is 0 Å². The maximum Gasteiger partial charge on any atom is 0.231 e. The van der Waals surface area contributed by atoms with Gasteiger partial charge in [-0.2, -0.15) is 0 Å². The van der Waals surface area contributed by atoms with E-state index in [9.17, 15) is 0 Å². The van der Waals surface area contributed by atoms with Crippen molar-refractivity contribution in [2.24, 2.45) is 5.73 Å². The van der Waals surface area contributed by atoms with Crippen molar-refractivity contribution in [1.82, 2.24) is 0 Å². The largest absolute Gasteiger partial charge is 0.454 e. The lowest BCUT2D eigenvalue weighted by atomic mass is 10.1. The van der Waals surface area contributed by atoms with Crippen molar-refractivity contribution in [2.45, 2.75) is 19.4 Å². The lowest BCUT2D eigenvalue weighted by Crippen LogP contribution is -2.17. The third-order valence-electron chi connectivity index (χ3n) is 2.04. The SMILES string of the molecule is C[C@H](N)Cc1cc(Cl)c2c(c1)OCO2. The third-order valence-corrected chi connectivity index (χ3v) is 2.33. The molecule has 1 heterocycles. The van der Waals surface area contributed by atoms with Crippen molar-refractivity contribution in [3.8, 4) is 11.5 Å². The molecule has 0 saturated carbocycles. The first-order valence-electron chi connectivity index (χ1n) is 4.50. The number of hydrogen-bond donors (Lipinski definition) is 1. The molecule has 1 aromatic carbocycles. The quantitative estimate of drug-likeness (QED) is 0.817. The summed E-state index contributed by atoms with van der Waals surface area (Å²) in [6.07, 6.45) is 0.788. The van der Waals surface area contributed by atoms with Crippen LogP contribution in [0, 0.1) is 0 Å². The lowest BCUT2D eigenvalue weighted by molar-refractivity contribution is 0.174. The first-order valence-corrected chi connectivity index (χ1v) is 4.88. The standard InChI is InChI=1S/C10H12ClNO2/c1-6(12)2-7-3-8(11)10-9(4-7)13-5-14-10/h3-4,6H,2,5,12H2,1H3/t6-/m0/s1. The Bertz CT molecular complexity index is 352. The Hall–Kier alpha value is -0.930. The molecule has 3 nitrogen and oxygen atoms in total. The van der Waals surface area contributed by atoms with E-state index >= 15 is 0 Å². The van der Waals surface area contributed by atoms with Gasteiger partial charge in [0.25, 0.3) is 0 Å². The van der Waals surface area contributed by atoms with Crippen LogP contribution in [-0.2, 0) is 6.42 Å². The number of hydrogen-bond acceptors (Lipinski definition) is 3. The number of halogens is 1. The summed E-state index contributed by atoms with van der Waals surface area (Å²) in [5.41, 5.74) is 6.78. The second-order valence-corrected chi connectivity index (χ2v) is 3.90. The van der Waals surface area contributed by atoms with Crippen LogP contribution in [0.1, 0.15) is 12.5 Å². The zero-order valence-corrected chi connectivity index (χ0v) is 8.67. The maximum absolute atomic E-state index is 6.01. The molecule has 2 N–H and O–H groups in total. The van der Waals surface area contributed by atoms with E-state index in [-0.39, 0.29) is 12.8 Å². The fraction of sp³-hybridized carbons (Fsp3) is 0.400. The molecule has 0 saturated heterocycles. The molecular formula is C10H12ClNO2. The molecule has 0 radical (unpaired) electrons. The summed E-state index contributed by atoms with van der Waals surface area (Å²) >= 11 is 6.01. The minimum Gasteiger partial charge on any atom is -0.454 e. The number of fused-ring (bicyclic) bond motifs is 1. The predicted octanol–water partition coefficient (Wildman–Crippen LogP) is 1.96. The average Bonchev–Trinajstić information content (AvgIpc) is 2.50. The molecule has 14 heavy (non-hydrogen) atoms. The smallest absolute Gasteiger partial charge is 0.231 e. The summed E-state index contributed by atoms with van der Waals surface area (Å²) in [5, 5.41) is 0.593. The zero-order valence-electron chi connectivity index (χ0n) is 7.92. The van der Waals surface area contributed by atoms with Crippen molar-refractivity contribution < 1.29 is 9.47 Å². The summed E-state index contributed by atoms with van der Waals surface area (Å²) in [6, 6.07) is 3.92. The molecule has 0 amide bonds. The summed E-state index contributed by atoms with van der Waals surface area (Å²) in [4.78, 5) is 0. The highest BCUT2D eigenvalue weighted by Crippen LogP contribution is 2.39. The van der Waals surface area contributed by atoms with Crippen LogP contribution in [0.25, 0.3) is 0 Å². The molecule has 2 rings (SSSR count). The van der Waals surface area contributed by atoms with Crippen LogP contribution in [0.4, 0.5) is 0 Å². The van der Waals surface area contributed by atoms with Gasteiger partial charge < -0.3 is 15.2 Å². The van der Waals surface area contributed by atoms with Gasteiger partial charge in [-0.25, -0.2) is 0 Å². The van der Waals surface area contributed by atoms with E-state index in [1.54, 1.807) is 0 Å². The fourth-order valence-electron chi connectivity index (χ4n) is 1.51. The molecule has 4 heteroatoms. The Morgan fingerprint density at radius 2 is 2.29 bits per heavy atom.